The van der Waals surface area contributed by atoms with Gasteiger partial charge in [-0.25, -0.2) is 17.9 Å². The molecule has 2 N–H and O–H groups in total. The standard InChI is InChI=1S/C18H22N2O5S/c1-13-4-8-16(9-5-13)26(22,23)20-18(21)19-11-10-14-6-7-15(24-2)12-17(14)25-3/h4-9,12H,10-11H2,1-3H3,(H2,19,20,21). The van der Waals surface area contributed by atoms with Gasteiger partial charge in [-0.2, -0.15) is 0 Å². The van der Waals surface area contributed by atoms with E-state index >= 15 is 0 Å². The van der Waals surface area contributed by atoms with Gasteiger partial charge in [-0.15, -0.1) is 0 Å². The maximum absolute atomic E-state index is 12.2. The van der Waals surface area contributed by atoms with Crippen LogP contribution in [0.1, 0.15) is 11.1 Å². The van der Waals surface area contributed by atoms with E-state index in [9.17, 15) is 13.2 Å². The first-order valence-electron chi connectivity index (χ1n) is 7.94. The molecule has 0 unspecified atom stereocenters. The minimum atomic E-state index is -3.90. The number of carbonyl (C=O) groups excluding carboxylic acids is 1. The van der Waals surface area contributed by atoms with Crippen LogP contribution in [0.5, 0.6) is 11.5 Å². The Morgan fingerprint density at radius 2 is 1.73 bits per heavy atom. The lowest BCUT2D eigenvalue weighted by atomic mass is 10.1. The molecule has 2 amide bonds. The smallest absolute Gasteiger partial charge is 0.328 e. The number of benzene rings is 2. The van der Waals surface area contributed by atoms with Crippen LogP contribution in [0.25, 0.3) is 0 Å². The van der Waals surface area contributed by atoms with Crippen molar-refractivity contribution in [3.63, 3.8) is 0 Å². The monoisotopic (exact) mass is 378 g/mol. The Morgan fingerprint density at radius 3 is 2.35 bits per heavy atom. The average Bonchev–Trinajstić information content (AvgIpc) is 2.61. The molecule has 0 aliphatic heterocycles. The molecule has 0 saturated carbocycles. The molecular formula is C18H22N2O5S. The third-order valence-corrected chi connectivity index (χ3v) is 5.08. The normalized spacial score (nSPS) is 10.9. The summed E-state index contributed by atoms with van der Waals surface area (Å²) in [7, 11) is -0.784. The quantitative estimate of drug-likeness (QED) is 0.771. The maximum Gasteiger partial charge on any atom is 0.328 e. The van der Waals surface area contributed by atoms with Gasteiger partial charge in [0.15, 0.2) is 0 Å². The molecule has 2 aromatic rings. The predicted octanol–water partition coefficient (Wildman–Crippen LogP) is 2.24. The van der Waals surface area contributed by atoms with Crippen molar-refractivity contribution in [3.8, 4) is 11.5 Å². The van der Waals surface area contributed by atoms with Gasteiger partial charge in [0, 0.05) is 12.6 Å². The van der Waals surface area contributed by atoms with Gasteiger partial charge in [0.25, 0.3) is 10.0 Å². The first-order chi connectivity index (χ1) is 12.4. The highest BCUT2D eigenvalue weighted by Crippen LogP contribution is 2.24. The molecule has 0 saturated heterocycles. The Hall–Kier alpha value is -2.74. The molecule has 8 heteroatoms. The van der Waals surface area contributed by atoms with E-state index in [1.807, 2.05) is 17.7 Å². The highest BCUT2D eigenvalue weighted by atomic mass is 32.2. The van der Waals surface area contributed by atoms with E-state index in [2.05, 4.69) is 5.32 Å². The molecule has 0 fully saturated rings. The third-order valence-electron chi connectivity index (χ3n) is 3.73. The minimum absolute atomic E-state index is 0.0371. The fourth-order valence-electron chi connectivity index (χ4n) is 2.30. The van der Waals surface area contributed by atoms with Gasteiger partial charge in [-0.3, -0.25) is 0 Å². The highest BCUT2D eigenvalue weighted by molar-refractivity contribution is 7.90. The van der Waals surface area contributed by atoms with E-state index in [-0.39, 0.29) is 11.4 Å². The van der Waals surface area contributed by atoms with Crippen LogP contribution in [-0.4, -0.2) is 35.2 Å². The van der Waals surface area contributed by atoms with Crippen molar-refractivity contribution in [2.45, 2.75) is 18.2 Å². The zero-order valence-electron chi connectivity index (χ0n) is 14.9. The van der Waals surface area contributed by atoms with Gasteiger partial charge >= 0.3 is 6.03 Å². The van der Waals surface area contributed by atoms with Crippen LogP contribution in [-0.2, 0) is 16.4 Å². The van der Waals surface area contributed by atoms with E-state index in [4.69, 9.17) is 9.47 Å². The van der Waals surface area contributed by atoms with E-state index in [0.29, 0.717) is 17.9 Å². The Bertz CT molecular complexity index is 864. The number of urea groups is 1. The number of ether oxygens (including phenoxy) is 2. The summed E-state index contributed by atoms with van der Waals surface area (Å²) in [5.41, 5.74) is 1.80. The molecule has 0 radical (unpaired) electrons. The van der Waals surface area contributed by atoms with Crippen LogP contribution >= 0.6 is 0 Å². The van der Waals surface area contributed by atoms with E-state index < -0.39 is 16.1 Å². The number of nitrogens with one attached hydrogen (secondary N) is 2. The van der Waals surface area contributed by atoms with Crippen molar-refractivity contribution in [1.82, 2.24) is 10.0 Å². The highest BCUT2D eigenvalue weighted by Gasteiger charge is 2.17. The Labute approximate surface area is 153 Å². The lowest BCUT2D eigenvalue weighted by molar-refractivity contribution is 0.246. The van der Waals surface area contributed by atoms with Crippen LogP contribution in [0.15, 0.2) is 47.4 Å². The summed E-state index contributed by atoms with van der Waals surface area (Å²) >= 11 is 0. The molecule has 2 rings (SSSR count). The Balaban J connectivity index is 1.92. The summed E-state index contributed by atoms with van der Waals surface area (Å²) in [6, 6.07) is 10.8. The predicted molar refractivity (Wildman–Crippen MR) is 98.1 cm³/mol. The fraction of sp³-hybridized carbons (Fsp3) is 0.278. The number of hydrogen-bond acceptors (Lipinski definition) is 5. The van der Waals surface area contributed by atoms with Gasteiger partial charge in [0.2, 0.25) is 0 Å². The summed E-state index contributed by atoms with van der Waals surface area (Å²) < 4.78 is 36.7. The molecule has 2 aromatic carbocycles. The summed E-state index contributed by atoms with van der Waals surface area (Å²) in [4.78, 5) is 11.9. The summed E-state index contributed by atoms with van der Waals surface area (Å²) in [6.07, 6.45) is 0.477. The summed E-state index contributed by atoms with van der Waals surface area (Å²) in [5, 5.41) is 2.53. The van der Waals surface area contributed by atoms with Crippen LogP contribution in [0.2, 0.25) is 0 Å². The van der Waals surface area contributed by atoms with Gasteiger partial charge in [-0.1, -0.05) is 23.8 Å². The largest absolute Gasteiger partial charge is 0.497 e. The molecule has 7 nitrogen and oxygen atoms in total. The molecular weight excluding hydrogens is 356 g/mol. The summed E-state index contributed by atoms with van der Waals surface area (Å²) in [6.45, 7) is 2.10. The number of amides is 2. The van der Waals surface area contributed by atoms with Crippen molar-refractivity contribution in [3.05, 3.63) is 53.6 Å². The zero-order chi connectivity index (χ0) is 19.2. The second kappa shape index (κ2) is 8.57. The lowest BCUT2D eigenvalue weighted by Crippen LogP contribution is -2.40. The minimum Gasteiger partial charge on any atom is -0.497 e. The van der Waals surface area contributed by atoms with Gasteiger partial charge in [0.05, 0.1) is 19.1 Å². The van der Waals surface area contributed by atoms with Gasteiger partial charge < -0.3 is 14.8 Å². The molecule has 0 atom stereocenters. The molecule has 0 aliphatic carbocycles. The maximum atomic E-state index is 12.2. The average molecular weight is 378 g/mol. The molecule has 26 heavy (non-hydrogen) atoms. The summed E-state index contributed by atoms with van der Waals surface area (Å²) in [5.74, 6) is 1.30. The number of carbonyl (C=O) groups is 1. The number of methoxy groups -OCH3 is 2. The second-order valence-electron chi connectivity index (χ2n) is 5.60. The van der Waals surface area contributed by atoms with E-state index in [1.54, 1.807) is 38.5 Å². The Morgan fingerprint density at radius 1 is 1.04 bits per heavy atom. The number of aryl methyl sites for hydroxylation is 1. The fourth-order valence-corrected chi connectivity index (χ4v) is 3.23. The van der Waals surface area contributed by atoms with Crippen LogP contribution in [0.3, 0.4) is 0 Å². The van der Waals surface area contributed by atoms with Crippen molar-refractivity contribution in [1.29, 1.82) is 0 Å². The van der Waals surface area contributed by atoms with E-state index in [0.717, 1.165) is 11.1 Å². The van der Waals surface area contributed by atoms with Gasteiger partial charge in [-0.05, 0) is 37.1 Å². The van der Waals surface area contributed by atoms with Crippen molar-refractivity contribution in [2.24, 2.45) is 0 Å². The molecule has 0 aromatic heterocycles. The molecule has 0 bridgehead atoms. The topological polar surface area (TPSA) is 93.7 Å². The lowest BCUT2D eigenvalue weighted by Gasteiger charge is -2.12. The van der Waals surface area contributed by atoms with Crippen molar-refractivity contribution < 1.29 is 22.7 Å². The number of sulfonamides is 1. The molecule has 0 aliphatic rings. The number of hydrogen-bond donors (Lipinski definition) is 2. The van der Waals surface area contributed by atoms with E-state index in [1.165, 1.54) is 12.1 Å². The first-order valence-corrected chi connectivity index (χ1v) is 9.42. The molecule has 0 spiro atoms. The molecule has 140 valence electrons. The zero-order valence-corrected chi connectivity index (χ0v) is 15.7. The van der Waals surface area contributed by atoms with Crippen LogP contribution in [0, 0.1) is 6.92 Å². The third kappa shape index (κ3) is 5.13. The second-order valence-corrected chi connectivity index (χ2v) is 7.28. The van der Waals surface area contributed by atoms with Crippen molar-refractivity contribution in [2.75, 3.05) is 20.8 Å². The van der Waals surface area contributed by atoms with Crippen LogP contribution < -0.4 is 19.5 Å². The van der Waals surface area contributed by atoms with Gasteiger partial charge in [0.1, 0.15) is 11.5 Å². The van der Waals surface area contributed by atoms with Crippen LogP contribution in [0.4, 0.5) is 4.79 Å². The van der Waals surface area contributed by atoms with Crippen molar-refractivity contribution >= 4 is 16.1 Å². The Kier molecular flexibility index (Phi) is 6.46. The number of rotatable bonds is 7. The first kappa shape index (κ1) is 19.6. The molecule has 0 heterocycles. The SMILES string of the molecule is COc1ccc(CCNC(=O)NS(=O)(=O)c2ccc(C)cc2)c(OC)c1.